The molecule has 0 rings (SSSR count). The predicted octanol–water partition coefficient (Wildman–Crippen LogP) is 1.76. The van der Waals surface area contributed by atoms with Gasteiger partial charge in [-0.3, -0.25) is 4.74 Å². The SMILES string of the molecule is FC(F)(F)OCCNCCCOCCCl. The first kappa shape index (κ1) is 15.0. The van der Waals surface area contributed by atoms with Crippen molar-refractivity contribution in [3.05, 3.63) is 0 Å². The van der Waals surface area contributed by atoms with Crippen LogP contribution >= 0.6 is 11.6 Å². The molecule has 0 aliphatic carbocycles. The molecule has 0 fully saturated rings. The summed E-state index contributed by atoms with van der Waals surface area (Å²) in [6.07, 6.45) is -3.80. The summed E-state index contributed by atoms with van der Waals surface area (Å²) >= 11 is 5.36. The molecule has 0 bridgehead atoms. The van der Waals surface area contributed by atoms with E-state index in [1.165, 1.54) is 0 Å². The predicted molar refractivity (Wildman–Crippen MR) is 51.0 cm³/mol. The molecule has 0 amide bonds. The van der Waals surface area contributed by atoms with E-state index in [2.05, 4.69) is 10.1 Å². The van der Waals surface area contributed by atoms with E-state index in [0.717, 1.165) is 6.42 Å². The van der Waals surface area contributed by atoms with Crippen LogP contribution in [0.25, 0.3) is 0 Å². The lowest BCUT2D eigenvalue weighted by atomic mass is 10.4. The summed E-state index contributed by atoms with van der Waals surface area (Å²) in [4.78, 5) is 0. The molecule has 3 nitrogen and oxygen atoms in total. The second kappa shape index (κ2) is 9.21. The third kappa shape index (κ3) is 14.0. The smallest absolute Gasteiger partial charge is 0.380 e. The summed E-state index contributed by atoms with van der Waals surface area (Å²) in [5, 5.41) is 2.80. The summed E-state index contributed by atoms with van der Waals surface area (Å²) in [7, 11) is 0. The Labute approximate surface area is 91.9 Å². The van der Waals surface area contributed by atoms with Gasteiger partial charge in [0, 0.05) is 19.0 Å². The number of rotatable bonds is 9. The van der Waals surface area contributed by atoms with Crippen LogP contribution in [0.1, 0.15) is 6.42 Å². The van der Waals surface area contributed by atoms with Crippen molar-refractivity contribution >= 4 is 11.6 Å². The first-order valence-electron chi connectivity index (χ1n) is 4.61. The Bertz CT molecular complexity index is 146. The van der Waals surface area contributed by atoms with Gasteiger partial charge in [-0.25, -0.2) is 0 Å². The highest BCUT2D eigenvalue weighted by molar-refractivity contribution is 6.17. The maximum Gasteiger partial charge on any atom is 0.522 e. The van der Waals surface area contributed by atoms with Crippen molar-refractivity contribution in [2.24, 2.45) is 0 Å². The van der Waals surface area contributed by atoms with E-state index >= 15 is 0 Å². The van der Waals surface area contributed by atoms with Gasteiger partial charge >= 0.3 is 6.36 Å². The Morgan fingerprint density at radius 2 is 1.80 bits per heavy atom. The minimum atomic E-state index is -4.54. The Balaban J connectivity index is 2.99. The molecule has 0 atom stereocenters. The summed E-state index contributed by atoms with van der Waals surface area (Å²) in [6, 6.07) is 0. The standard InChI is InChI=1S/C8H15ClF3NO2/c9-2-6-14-5-1-3-13-4-7-15-8(10,11)12/h13H,1-7H2. The van der Waals surface area contributed by atoms with Crippen LogP contribution in [0.4, 0.5) is 13.2 Å². The van der Waals surface area contributed by atoms with Crippen LogP contribution in [-0.4, -0.2) is 45.2 Å². The monoisotopic (exact) mass is 249 g/mol. The second-order valence-corrected chi connectivity index (χ2v) is 3.08. The van der Waals surface area contributed by atoms with Crippen molar-refractivity contribution in [2.45, 2.75) is 12.8 Å². The van der Waals surface area contributed by atoms with Gasteiger partial charge in [0.25, 0.3) is 0 Å². The summed E-state index contributed by atoms with van der Waals surface area (Å²) in [5.74, 6) is 0.451. The highest BCUT2D eigenvalue weighted by Crippen LogP contribution is 2.14. The van der Waals surface area contributed by atoms with Gasteiger partial charge in [0.2, 0.25) is 0 Å². The Kier molecular flexibility index (Phi) is 9.18. The van der Waals surface area contributed by atoms with E-state index < -0.39 is 6.36 Å². The lowest BCUT2D eigenvalue weighted by molar-refractivity contribution is -0.323. The van der Waals surface area contributed by atoms with Crippen LogP contribution in [0, 0.1) is 0 Å². The molecule has 0 saturated carbocycles. The molecule has 0 radical (unpaired) electrons. The fourth-order valence-electron chi connectivity index (χ4n) is 0.820. The van der Waals surface area contributed by atoms with Gasteiger partial charge in [-0.05, 0) is 13.0 Å². The van der Waals surface area contributed by atoms with Gasteiger partial charge in [-0.1, -0.05) is 0 Å². The average molecular weight is 250 g/mol. The maximum atomic E-state index is 11.5. The van der Waals surface area contributed by atoms with Crippen molar-refractivity contribution in [3.8, 4) is 0 Å². The van der Waals surface area contributed by atoms with E-state index in [1.807, 2.05) is 0 Å². The number of ether oxygens (including phenoxy) is 2. The Hall–Kier alpha value is -0.0400. The summed E-state index contributed by atoms with van der Waals surface area (Å²) < 4.78 is 43.1. The number of alkyl halides is 4. The molecule has 0 aliphatic heterocycles. The van der Waals surface area contributed by atoms with Crippen LogP contribution in [0.5, 0.6) is 0 Å². The molecule has 0 aromatic carbocycles. The minimum Gasteiger partial charge on any atom is -0.380 e. The average Bonchev–Trinajstić information content (AvgIpc) is 2.14. The number of hydrogen-bond donors (Lipinski definition) is 1. The fourth-order valence-corrected chi connectivity index (χ4v) is 0.929. The van der Waals surface area contributed by atoms with Crippen LogP contribution in [0.3, 0.4) is 0 Å². The van der Waals surface area contributed by atoms with Gasteiger partial charge in [0.15, 0.2) is 0 Å². The molecular weight excluding hydrogens is 235 g/mol. The van der Waals surface area contributed by atoms with E-state index in [1.54, 1.807) is 0 Å². The molecule has 0 aliphatic rings. The summed E-state index contributed by atoms with van der Waals surface area (Å²) in [5.41, 5.74) is 0. The van der Waals surface area contributed by atoms with E-state index in [0.29, 0.717) is 25.6 Å². The molecule has 1 N–H and O–H groups in total. The lowest BCUT2D eigenvalue weighted by Gasteiger charge is -2.08. The van der Waals surface area contributed by atoms with E-state index in [4.69, 9.17) is 16.3 Å². The first-order chi connectivity index (χ1) is 7.06. The van der Waals surface area contributed by atoms with Crippen LogP contribution in [0.15, 0.2) is 0 Å². The molecule has 15 heavy (non-hydrogen) atoms. The van der Waals surface area contributed by atoms with Crippen molar-refractivity contribution in [3.63, 3.8) is 0 Å². The number of hydrogen-bond acceptors (Lipinski definition) is 3. The molecular formula is C8H15ClF3NO2. The zero-order valence-corrected chi connectivity index (χ0v) is 9.03. The van der Waals surface area contributed by atoms with Gasteiger partial charge in [0.05, 0.1) is 13.2 Å². The zero-order chi connectivity index (χ0) is 11.6. The third-order valence-electron chi connectivity index (χ3n) is 1.41. The second-order valence-electron chi connectivity index (χ2n) is 2.70. The van der Waals surface area contributed by atoms with Gasteiger partial charge in [-0.2, -0.15) is 0 Å². The third-order valence-corrected chi connectivity index (χ3v) is 1.56. The lowest BCUT2D eigenvalue weighted by Crippen LogP contribution is -2.25. The van der Waals surface area contributed by atoms with Gasteiger partial charge in [-0.15, -0.1) is 24.8 Å². The van der Waals surface area contributed by atoms with E-state index in [-0.39, 0.29) is 13.2 Å². The summed E-state index contributed by atoms with van der Waals surface area (Å²) in [6.45, 7) is 1.46. The first-order valence-corrected chi connectivity index (χ1v) is 5.15. The number of nitrogens with one attached hydrogen (secondary N) is 1. The largest absolute Gasteiger partial charge is 0.522 e. The highest BCUT2D eigenvalue weighted by atomic mass is 35.5. The molecule has 0 unspecified atom stereocenters. The molecule has 0 aromatic rings. The van der Waals surface area contributed by atoms with Crippen molar-refractivity contribution in [2.75, 3.05) is 38.8 Å². The topological polar surface area (TPSA) is 30.5 Å². The molecule has 0 aromatic heterocycles. The normalized spacial score (nSPS) is 12.0. The molecule has 0 spiro atoms. The minimum absolute atomic E-state index is 0.176. The van der Waals surface area contributed by atoms with Crippen molar-refractivity contribution < 1.29 is 22.6 Å². The molecule has 7 heteroatoms. The molecule has 92 valence electrons. The van der Waals surface area contributed by atoms with Crippen LogP contribution in [0.2, 0.25) is 0 Å². The molecule has 0 saturated heterocycles. The van der Waals surface area contributed by atoms with Gasteiger partial charge < -0.3 is 10.1 Å². The van der Waals surface area contributed by atoms with E-state index in [9.17, 15) is 13.2 Å². The van der Waals surface area contributed by atoms with Gasteiger partial charge in [0.1, 0.15) is 0 Å². The van der Waals surface area contributed by atoms with Crippen LogP contribution < -0.4 is 5.32 Å². The maximum absolute atomic E-state index is 11.5. The Morgan fingerprint density at radius 1 is 1.07 bits per heavy atom. The Morgan fingerprint density at radius 3 is 2.40 bits per heavy atom. The van der Waals surface area contributed by atoms with Crippen molar-refractivity contribution in [1.29, 1.82) is 0 Å². The van der Waals surface area contributed by atoms with Crippen LogP contribution in [-0.2, 0) is 9.47 Å². The number of halogens is 4. The van der Waals surface area contributed by atoms with Crippen molar-refractivity contribution in [1.82, 2.24) is 5.32 Å². The molecule has 0 heterocycles. The fraction of sp³-hybridized carbons (Fsp3) is 1.00. The highest BCUT2D eigenvalue weighted by Gasteiger charge is 2.28. The quantitative estimate of drug-likeness (QED) is 0.499. The zero-order valence-electron chi connectivity index (χ0n) is 8.28.